The predicted octanol–water partition coefficient (Wildman–Crippen LogP) is 2.47. The minimum Gasteiger partial charge on any atom is -0.477 e. The van der Waals surface area contributed by atoms with Crippen molar-refractivity contribution in [2.45, 2.75) is 44.4 Å². The molecule has 0 saturated heterocycles. The maximum absolute atomic E-state index is 12.7. The van der Waals surface area contributed by atoms with Crippen molar-refractivity contribution in [3.8, 4) is 0 Å². The smallest absolute Gasteiger partial charge is 0.410 e. The lowest BCUT2D eigenvalue weighted by atomic mass is 10.1. The van der Waals surface area contributed by atoms with Gasteiger partial charge in [-0.25, -0.2) is 14.6 Å². The number of nitrogens with zero attached hydrogens (tertiary/aromatic N) is 3. The van der Waals surface area contributed by atoms with E-state index in [0.29, 0.717) is 24.5 Å². The summed E-state index contributed by atoms with van der Waals surface area (Å²) in [6.07, 6.45) is 1.72. The van der Waals surface area contributed by atoms with E-state index < -0.39 is 23.2 Å². The van der Waals surface area contributed by atoms with Crippen LogP contribution in [0.15, 0.2) is 9.82 Å². The standard InChI is InChI=1S/C16H19N3O5S2/c1-16(2,3)24-15(23)18-6-5-8-9(7-18)26-14-17-11(25-4)10(13(21)22)12(20)19(8)14/h5-7H2,1-4H3,(H,21,22). The number of hydrogen-bond donors (Lipinski definition) is 1. The number of thioether (sulfide) groups is 1. The Kier molecular flexibility index (Phi) is 4.74. The number of hydrogen-bond acceptors (Lipinski definition) is 7. The summed E-state index contributed by atoms with van der Waals surface area (Å²) in [5, 5.41) is 9.57. The summed E-state index contributed by atoms with van der Waals surface area (Å²) in [6.45, 7) is 6.13. The van der Waals surface area contributed by atoms with Gasteiger partial charge in [0.2, 0.25) is 0 Å². The first kappa shape index (κ1) is 18.7. The molecule has 140 valence electrons. The molecule has 26 heavy (non-hydrogen) atoms. The number of amides is 1. The molecule has 0 aromatic carbocycles. The van der Waals surface area contributed by atoms with Gasteiger partial charge in [0.1, 0.15) is 10.6 Å². The molecule has 10 heteroatoms. The second-order valence-corrected chi connectivity index (χ2v) is 8.71. The molecule has 1 amide bonds. The third-order valence-corrected chi connectivity index (χ3v) is 5.59. The Morgan fingerprint density at radius 2 is 2.04 bits per heavy atom. The van der Waals surface area contributed by atoms with Crippen LogP contribution in [-0.2, 0) is 17.7 Å². The molecule has 0 saturated carbocycles. The Labute approximate surface area is 157 Å². The fourth-order valence-electron chi connectivity index (χ4n) is 2.76. The number of thiazole rings is 1. The number of aromatic carboxylic acids is 1. The second-order valence-electron chi connectivity index (χ2n) is 6.85. The molecule has 0 fully saturated rings. The monoisotopic (exact) mass is 397 g/mol. The van der Waals surface area contributed by atoms with Crippen molar-refractivity contribution >= 4 is 40.1 Å². The largest absolute Gasteiger partial charge is 0.477 e. The Morgan fingerprint density at radius 3 is 2.62 bits per heavy atom. The van der Waals surface area contributed by atoms with Crippen LogP contribution in [-0.4, -0.2) is 49.9 Å². The number of carbonyl (C=O) groups is 2. The van der Waals surface area contributed by atoms with E-state index in [2.05, 4.69) is 4.98 Å². The molecule has 0 atom stereocenters. The number of carbonyl (C=O) groups excluding carboxylic acids is 1. The van der Waals surface area contributed by atoms with E-state index >= 15 is 0 Å². The second kappa shape index (κ2) is 6.58. The van der Waals surface area contributed by atoms with Crippen LogP contribution in [0.4, 0.5) is 4.79 Å². The third kappa shape index (κ3) is 3.30. The van der Waals surface area contributed by atoms with Gasteiger partial charge in [-0.05, 0) is 27.0 Å². The molecule has 3 heterocycles. The molecule has 1 N–H and O–H groups in total. The topological polar surface area (TPSA) is 101 Å². The van der Waals surface area contributed by atoms with Gasteiger partial charge < -0.3 is 14.7 Å². The molecule has 2 aromatic rings. The zero-order chi connectivity index (χ0) is 19.2. The van der Waals surface area contributed by atoms with Gasteiger partial charge in [0, 0.05) is 23.5 Å². The van der Waals surface area contributed by atoms with Gasteiger partial charge in [0.05, 0.1) is 6.54 Å². The van der Waals surface area contributed by atoms with E-state index in [4.69, 9.17) is 4.74 Å². The number of aromatic nitrogens is 2. The normalized spacial score (nSPS) is 14.4. The summed E-state index contributed by atoms with van der Waals surface area (Å²) < 4.78 is 6.77. The van der Waals surface area contributed by atoms with Gasteiger partial charge in [-0.3, -0.25) is 9.20 Å². The lowest BCUT2D eigenvalue weighted by Crippen LogP contribution is -2.40. The van der Waals surface area contributed by atoms with E-state index in [1.165, 1.54) is 15.7 Å². The van der Waals surface area contributed by atoms with Crippen molar-refractivity contribution in [2.75, 3.05) is 12.8 Å². The van der Waals surface area contributed by atoms with E-state index in [1.54, 1.807) is 31.9 Å². The first-order valence-corrected chi connectivity index (χ1v) is 9.99. The van der Waals surface area contributed by atoms with E-state index in [9.17, 15) is 19.5 Å². The van der Waals surface area contributed by atoms with Crippen molar-refractivity contribution in [1.29, 1.82) is 0 Å². The van der Waals surface area contributed by atoms with Crippen LogP contribution >= 0.6 is 23.1 Å². The number of rotatable bonds is 2. The van der Waals surface area contributed by atoms with Crippen LogP contribution in [0.25, 0.3) is 4.96 Å². The Hall–Kier alpha value is -2.07. The van der Waals surface area contributed by atoms with Crippen molar-refractivity contribution in [2.24, 2.45) is 0 Å². The maximum atomic E-state index is 12.7. The van der Waals surface area contributed by atoms with Crippen LogP contribution in [0, 0.1) is 0 Å². The minimum atomic E-state index is -1.28. The molecule has 0 spiro atoms. The molecule has 0 aliphatic carbocycles. The highest BCUT2D eigenvalue weighted by Gasteiger charge is 2.30. The average molecular weight is 397 g/mol. The van der Waals surface area contributed by atoms with Gasteiger partial charge in [0.15, 0.2) is 10.5 Å². The quantitative estimate of drug-likeness (QED) is 0.613. The summed E-state index contributed by atoms with van der Waals surface area (Å²) in [7, 11) is 0. The van der Waals surface area contributed by atoms with E-state index in [1.807, 2.05) is 0 Å². The molecule has 0 unspecified atom stereocenters. The van der Waals surface area contributed by atoms with E-state index in [-0.39, 0.29) is 10.6 Å². The first-order valence-electron chi connectivity index (χ1n) is 7.95. The molecule has 0 radical (unpaired) electrons. The summed E-state index contributed by atoms with van der Waals surface area (Å²) in [5.41, 5.74) is -0.752. The molecule has 2 aromatic heterocycles. The molecule has 1 aliphatic heterocycles. The summed E-state index contributed by atoms with van der Waals surface area (Å²) in [4.78, 5) is 43.7. The molecular formula is C16H19N3O5S2. The van der Waals surface area contributed by atoms with Crippen molar-refractivity contribution < 1.29 is 19.4 Å². The van der Waals surface area contributed by atoms with Crippen LogP contribution in [0.3, 0.4) is 0 Å². The highest BCUT2D eigenvalue weighted by atomic mass is 32.2. The summed E-state index contributed by atoms with van der Waals surface area (Å²) in [6, 6.07) is 0. The fraction of sp³-hybridized carbons (Fsp3) is 0.500. The number of ether oxygens (including phenoxy) is 1. The highest BCUT2D eigenvalue weighted by Crippen LogP contribution is 2.29. The molecule has 0 bridgehead atoms. The molecule has 3 rings (SSSR count). The van der Waals surface area contributed by atoms with Crippen LogP contribution in [0.2, 0.25) is 0 Å². The van der Waals surface area contributed by atoms with Gasteiger partial charge in [-0.15, -0.1) is 11.8 Å². The Morgan fingerprint density at radius 1 is 1.35 bits per heavy atom. The molecule has 8 nitrogen and oxygen atoms in total. The summed E-state index contributed by atoms with van der Waals surface area (Å²) >= 11 is 2.43. The van der Waals surface area contributed by atoms with Crippen molar-refractivity contribution in [3.05, 3.63) is 26.5 Å². The van der Waals surface area contributed by atoms with Crippen LogP contribution < -0.4 is 5.56 Å². The summed E-state index contributed by atoms with van der Waals surface area (Å²) in [5.74, 6) is -1.28. The molecule has 1 aliphatic rings. The zero-order valence-corrected chi connectivity index (χ0v) is 16.5. The number of carboxylic acid groups (broad SMARTS) is 1. The third-order valence-electron chi connectivity index (χ3n) is 3.84. The minimum absolute atomic E-state index is 0.199. The zero-order valence-electron chi connectivity index (χ0n) is 14.9. The molecular weight excluding hydrogens is 378 g/mol. The fourth-order valence-corrected chi connectivity index (χ4v) is 4.55. The average Bonchev–Trinajstić information content (AvgIpc) is 2.89. The van der Waals surface area contributed by atoms with Crippen LogP contribution in [0.5, 0.6) is 0 Å². The SMILES string of the molecule is CSc1nc2sc3c(n2c(=O)c1C(=O)O)CCN(C(=O)OC(C)(C)C)C3. The van der Waals surface area contributed by atoms with Crippen LogP contribution in [0.1, 0.15) is 41.7 Å². The maximum Gasteiger partial charge on any atom is 0.410 e. The first-order chi connectivity index (χ1) is 12.1. The predicted molar refractivity (Wildman–Crippen MR) is 98.4 cm³/mol. The van der Waals surface area contributed by atoms with Gasteiger partial charge in [-0.2, -0.15) is 0 Å². The van der Waals surface area contributed by atoms with Crippen molar-refractivity contribution in [3.63, 3.8) is 0 Å². The lowest BCUT2D eigenvalue weighted by molar-refractivity contribution is 0.0225. The number of fused-ring (bicyclic) bond motifs is 3. The van der Waals surface area contributed by atoms with Gasteiger partial charge in [0.25, 0.3) is 5.56 Å². The highest BCUT2D eigenvalue weighted by molar-refractivity contribution is 7.98. The van der Waals surface area contributed by atoms with Crippen molar-refractivity contribution in [1.82, 2.24) is 14.3 Å². The van der Waals surface area contributed by atoms with E-state index in [0.717, 1.165) is 22.3 Å². The lowest BCUT2D eigenvalue weighted by Gasteiger charge is -2.29. The Balaban J connectivity index is 2.03. The number of carboxylic acids is 1. The van der Waals surface area contributed by atoms with Gasteiger partial charge in [-0.1, -0.05) is 11.3 Å². The van der Waals surface area contributed by atoms with Gasteiger partial charge >= 0.3 is 12.1 Å². The Bertz CT molecular complexity index is 957.